The van der Waals surface area contributed by atoms with Crippen LogP contribution in [0.2, 0.25) is 0 Å². The molecular formula is C54H36B3N3O3. The highest BCUT2D eigenvalue weighted by Gasteiger charge is 2.44. The lowest BCUT2D eigenvalue weighted by Gasteiger charge is -2.32. The number of benzene rings is 9. The van der Waals surface area contributed by atoms with Crippen LogP contribution in [0.15, 0.2) is 218 Å². The SMILES string of the molecule is c1ccc(-n2c3ccccc3c3cc(B4OB(c5cccc(-n6c7ccccc7c7ccccc76)c5)OB(c5cccc(-n6c7ccccc7c7ccccc76)c5)O4)ccc32)cc1. The first-order valence-electron chi connectivity index (χ1n) is 21.5. The Kier molecular flexibility index (Phi) is 8.34. The Morgan fingerprint density at radius 1 is 0.238 bits per heavy atom. The summed E-state index contributed by atoms with van der Waals surface area (Å²) in [5, 5.41) is 7.14. The minimum Gasteiger partial charge on any atom is -0.445 e. The molecule has 9 heteroatoms. The molecule has 0 saturated carbocycles. The Bertz CT molecular complexity index is 3460. The smallest absolute Gasteiger partial charge is 0.445 e. The van der Waals surface area contributed by atoms with E-state index in [2.05, 4.69) is 232 Å². The molecule has 9 aromatic carbocycles. The van der Waals surface area contributed by atoms with E-state index in [0.717, 1.165) is 77.3 Å². The summed E-state index contributed by atoms with van der Waals surface area (Å²) in [6.07, 6.45) is 0. The zero-order valence-corrected chi connectivity index (χ0v) is 34.1. The van der Waals surface area contributed by atoms with Crippen molar-refractivity contribution in [2.24, 2.45) is 0 Å². The van der Waals surface area contributed by atoms with E-state index >= 15 is 0 Å². The molecule has 0 unspecified atom stereocenters. The highest BCUT2D eigenvalue weighted by Crippen LogP contribution is 2.34. The summed E-state index contributed by atoms with van der Waals surface area (Å²) in [7, 11) is -2.24. The van der Waals surface area contributed by atoms with Gasteiger partial charge in [-0.1, -0.05) is 146 Å². The van der Waals surface area contributed by atoms with E-state index < -0.39 is 21.4 Å². The Morgan fingerprint density at radius 2 is 0.556 bits per heavy atom. The van der Waals surface area contributed by atoms with Gasteiger partial charge in [0, 0.05) is 49.4 Å². The van der Waals surface area contributed by atoms with Crippen LogP contribution < -0.4 is 16.4 Å². The van der Waals surface area contributed by atoms with E-state index in [1.165, 1.54) is 21.5 Å². The number of para-hydroxylation sites is 6. The predicted octanol–water partition coefficient (Wildman–Crippen LogP) is 10.5. The van der Waals surface area contributed by atoms with Gasteiger partial charge in [0.2, 0.25) is 0 Å². The van der Waals surface area contributed by atoms with Crippen LogP contribution in [0, 0.1) is 0 Å². The number of nitrogens with zero attached hydrogens (tertiary/aromatic N) is 3. The lowest BCUT2D eigenvalue weighted by Crippen LogP contribution is -2.61. The highest BCUT2D eigenvalue weighted by molar-refractivity contribution is 6.87. The summed E-state index contributed by atoms with van der Waals surface area (Å²) in [6, 6.07) is 77.0. The van der Waals surface area contributed by atoms with Crippen molar-refractivity contribution in [3.05, 3.63) is 218 Å². The third-order valence-corrected chi connectivity index (χ3v) is 12.7. The average molecular weight is 807 g/mol. The van der Waals surface area contributed by atoms with Crippen LogP contribution in [0.25, 0.3) is 82.5 Å². The van der Waals surface area contributed by atoms with Gasteiger partial charge in [-0.3, -0.25) is 0 Å². The molecule has 0 amide bonds. The molecule has 6 nitrogen and oxygen atoms in total. The molecule has 1 saturated heterocycles. The zero-order chi connectivity index (χ0) is 41.4. The molecule has 1 fully saturated rings. The van der Waals surface area contributed by atoms with Crippen LogP contribution >= 0.6 is 0 Å². The van der Waals surface area contributed by atoms with E-state index in [4.69, 9.17) is 13.7 Å². The standard InChI is InChI=1S/C54H36B3N3O3/c1-2-18-40(19-3-1)58-53-31-13-8-26-47(53)48-36-39(32-33-54(48)58)57-62-55(37-16-14-20-41(34-37)59-49-27-9-4-22-43(49)44-23-5-10-28-50(44)59)61-56(63-57)38-17-15-21-42(35-38)60-51-29-11-6-24-45(51)46-25-7-12-30-52(46)60/h1-36H. The van der Waals surface area contributed by atoms with E-state index in [-0.39, 0.29) is 0 Å². The van der Waals surface area contributed by atoms with Crippen molar-refractivity contribution < 1.29 is 13.7 Å². The maximum atomic E-state index is 6.96. The molecule has 0 radical (unpaired) electrons. The van der Waals surface area contributed by atoms with Crippen molar-refractivity contribution in [2.45, 2.75) is 0 Å². The normalized spacial score (nSPS) is 13.4. The van der Waals surface area contributed by atoms with E-state index in [1.54, 1.807) is 0 Å². The molecule has 1 aliphatic heterocycles. The molecule has 3 aromatic heterocycles. The Balaban J connectivity index is 0.951. The van der Waals surface area contributed by atoms with Gasteiger partial charge in [0.05, 0.1) is 33.1 Å². The van der Waals surface area contributed by atoms with Crippen LogP contribution in [0.5, 0.6) is 0 Å². The second kappa shape index (κ2) is 14.5. The monoisotopic (exact) mass is 807 g/mol. The van der Waals surface area contributed by atoms with Crippen LogP contribution in [0.4, 0.5) is 0 Å². The molecule has 0 atom stereocenters. The van der Waals surface area contributed by atoms with Crippen molar-refractivity contribution >= 4 is 103 Å². The Labute approximate surface area is 364 Å². The van der Waals surface area contributed by atoms with E-state index in [0.29, 0.717) is 0 Å². The first-order chi connectivity index (χ1) is 31.2. The van der Waals surface area contributed by atoms with Crippen LogP contribution in [-0.2, 0) is 13.7 Å². The number of hydrogen-bond donors (Lipinski definition) is 0. The average Bonchev–Trinajstić information content (AvgIpc) is 4.00. The fourth-order valence-corrected chi connectivity index (χ4v) is 9.92. The Hall–Kier alpha value is -7.55. The molecule has 0 aliphatic carbocycles. The zero-order valence-electron chi connectivity index (χ0n) is 34.1. The van der Waals surface area contributed by atoms with Crippen molar-refractivity contribution in [3.63, 3.8) is 0 Å². The van der Waals surface area contributed by atoms with Gasteiger partial charge < -0.3 is 27.4 Å². The molecule has 12 aromatic rings. The van der Waals surface area contributed by atoms with Crippen LogP contribution in [0.1, 0.15) is 0 Å². The van der Waals surface area contributed by atoms with E-state index in [9.17, 15) is 0 Å². The van der Waals surface area contributed by atoms with Gasteiger partial charge >= 0.3 is 21.4 Å². The van der Waals surface area contributed by atoms with Crippen molar-refractivity contribution in [3.8, 4) is 17.1 Å². The van der Waals surface area contributed by atoms with Crippen molar-refractivity contribution in [1.29, 1.82) is 0 Å². The maximum absolute atomic E-state index is 6.96. The second-order valence-electron chi connectivity index (χ2n) is 16.3. The molecule has 0 spiro atoms. The fourth-order valence-electron chi connectivity index (χ4n) is 9.92. The Morgan fingerprint density at radius 3 is 0.984 bits per heavy atom. The fraction of sp³-hybridized carbons (Fsp3) is 0. The lowest BCUT2D eigenvalue weighted by molar-refractivity contribution is 0.308. The summed E-state index contributed by atoms with van der Waals surface area (Å²) in [6.45, 7) is 0. The van der Waals surface area contributed by atoms with Gasteiger partial charge in [-0.25, -0.2) is 0 Å². The minimum atomic E-state index is -0.750. The van der Waals surface area contributed by atoms with Gasteiger partial charge in [-0.15, -0.1) is 0 Å². The van der Waals surface area contributed by atoms with Gasteiger partial charge in [0.15, 0.2) is 0 Å². The topological polar surface area (TPSA) is 42.5 Å². The minimum absolute atomic E-state index is 0.745. The molecule has 294 valence electrons. The summed E-state index contributed by atoms with van der Waals surface area (Å²) in [4.78, 5) is 0. The summed E-state index contributed by atoms with van der Waals surface area (Å²) >= 11 is 0. The summed E-state index contributed by atoms with van der Waals surface area (Å²) < 4.78 is 27.9. The maximum Gasteiger partial charge on any atom is 0.467 e. The molecule has 0 bridgehead atoms. The first-order valence-corrected chi connectivity index (χ1v) is 21.5. The number of fused-ring (bicyclic) bond motifs is 9. The third kappa shape index (κ3) is 5.82. The summed E-state index contributed by atoms with van der Waals surface area (Å²) in [5.74, 6) is 0. The predicted molar refractivity (Wildman–Crippen MR) is 262 cm³/mol. The largest absolute Gasteiger partial charge is 0.467 e. The molecular weight excluding hydrogens is 771 g/mol. The molecule has 63 heavy (non-hydrogen) atoms. The van der Waals surface area contributed by atoms with Crippen molar-refractivity contribution in [1.82, 2.24) is 13.7 Å². The molecule has 0 N–H and O–H groups in total. The molecule has 1 aliphatic rings. The van der Waals surface area contributed by atoms with Gasteiger partial charge in [0.25, 0.3) is 0 Å². The van der Waals surface area contributed by atoms with E-state index in [1.807, 2.05) is 0 Å². The lowest BCUT2D eigenvalue weighted by atomic mass is 9.61. The third-order valence-electron chi connectivity index (χ3n) is 12.7. The van der Waals surface area contributed by atoms with Gasteiger partial charge in [-0.05, 0) is 89.2 Å². The van der Waals surface area contributed by atoms with Crippen molar-refractivity contribution in [2.75, 3.05) is 0 Å². The first kappa shape index (κ1) is 36.1. The second-order valence-corrected chi connectivity index (χ2v) is 16.3. The van der Waals surface area contributed by atoms with Gasteiger partial charge in [0.1, 0.15) is 0 Å². The van der Waals surface area contributed by atoms with Crippen LogP contribution in [0.3, 0.4) is 0 Å². The summed E-state index contributed by atoms with van der Waals surface area (Å²) in [5.41, 5.74) is 12.7. The van der Waals surface area contributed by atoms with Gasteiger partial charge in [-0.2, -0.15) is 0 Å². The molecule has 4 heterocycles. The number of aromatic nitrogens is 3. The number of hydrogen-bond acceptors (Lipinski definition) is 3. The quantitative estimate of drug-likeness (QED) is 0.157. The molecule has 13 rings (SSSR count). The number of rotatable bonds is 6. The highest BCUT2D eigenvalue weighted by atomic mass is 16.7. The van der Waals surface area contributed by atoms with Crippen LogP contribution in [-0.4, -0.2) is 35.1 Å².